The summed E-state index contributed by atoms with van der Waals surface area (Å²) in [4.78, 5) is 0. The van der Waals surface area contributed by atoms with Crippen molar-refractivity contribution in [2.24, 2.45) is 0 Å². The van der Waals surface area contributed by atoms with Crippen molar-refractivity contribution in [1.82, 2.24) is 0 Å². The zero-order valence-electron chi connectivity index (χ0n) is 12.8. The Balaban J connectivity index is 3.79. The molecule has 0 aliphatic carbocycles. The molecule has 0 aliphatic heterocycles. The average molecular weight is 259 g/mol. The second-order valence-electron chi connectivity index (χ2n) is 5.38. The fraction of sp³-hybridized carbons (Fsp3) is 1.00. The molecule has 0 rings (SSSR count). The lowest BCUT2D eigenvalue weighted by molar-refractivity contribution is 0.191. The quantitative estimate of drug-likeness (QED) is 0.338. The first-order chi connectivity index (χ1) is 8.14. The summed E-state index contributed by atoms with van der Waals surface area (Å²) in [5.41, 5.74) is 0. The molecule has 0 aromatic rings. The third-order valence-corrected chi connectivity index (χ3v) is 8.87. The van der Waals surface area contributed by atoms with E-state index in [1.54, 1.807) is 0 Å². The Hall–Kier alpha value is 0.177. The van der Waals surface area contributed by atoms with Crippen LogP contribution < -0.4 is 0 Å². The van der Waals surface area contributed by atoms with Crippen LogP contribution in [0.1, 0.15) is 73.1 Å². The first-order valence-corrected chi connectivity index (χ1v) is 10.3. The molecular formula is C15H34OSi. The standard InChI is InChI=1S/C15H34OSi/c1-6-10-11-12-13-14-15(5)16-17(7-2,8-3)9-4/h15H,6-14H2,1-5H3. The van der Waals surface area contributed by atoms with E-state index >= 15 is 0 Å². The largest absolute Gasteiger partial charge is 0.414 e. The Morgan fingerprint density at radius 1 is 0.824 bits per heavy atom. The van der Waals surface area contributed by atoms with Gasteiger partial charge in [0.05, 0.1) is 0 Å². The molecule has 0 fully saturated rings. The maximum absolute atomic E-state index is 6.43. The third kappa shape index (κ3) is 7.25. The Kier molecular flexibility index (Phi) is 10.2. The van der Waals surface area contributed by atoms with Crippen molar-refractivity contribution >= 4 is 8.32 Å². The second kappa shape index (κ2) is 10.1. The summed E-state index contributed by atoms with van der Waals surface area (Å²) in [5.74, 6) is 0. The SMILES string of the molecule is CCCCCCCC(C)O[Si](CC)(CC)CC. The lowest BCUT2D eigenvalue weighted by atomic mass is 10.1. The minimum Gasteiger partial charge on any atom is -0.414 e. The lowest BCUT2D eigenvalue weighted by Crippen LogP contribution is -2.39. The summed E-state index contributed by atoms with van der Waals surface area (Å²) in [6.45, 7) is 11.5. The van der Waals surface area contributed by atoms with Gasteiger partial charge in [-0.3, -0.25) is 0 Å². The van der Waals surface area contributed by atoms with E-state index in [1.165, 1.54) is 56.7 Å². The number of hydrogen-bond donors (Lipinski definition) is 0. The minimum atomic E-state index is -1.36. The van der Waals surface area contributed by atoms with Crippen LogP contribution in [-0.2, 0) is 4.43 Å². The van der Waals surface area contributed by atoms with Gasteiger partial charge in [0.25, 0.3) is 0 Å². The van der Waals surface area contributed by atoms with Gasteiger partial charge in [-0.2, -0.15) is 0 Å². The summed E-state index contributed by atoms with van der Waals surface area (Å²) >= 11 is 0. The molecule has 17 heavy (non-hydrogen) atoms. The molecule has 1 nitrogen and oxygen atoms in total. The van der Waals surface area contributed by atoms with Gasteiger partial charge in [0.15, 0.2) is 8.32 Å². The first-order valence-electron chi connectivity index (χ1n) is 7.81. The highest BCUT2D eigenvalue weighted by molar-refractivity contribution is 6.73. The minimum absolute atomic E-state index is 0.489. The van der Waals surface area contributed by atoms with Gasteiger partial charge in [-0.15, -0.1) is 0 Å². The van der Waals surface area contributed by atoms with E-state index in [4.69, 9.17) is 4.43 Å². The van der Waals surface area contributed by atoms with Crippen LogP contribution in [0.5, 0.6) is 0 Å². The monoisotopic (exact) mass is 258 g/mol. The third-order valence-electron chi connectivity index (χ3n) is 4.10. The van der Waals surface area contributed by atoms with Crippen molar-refractivity contribution in [2.75, 3.05) is 0 Å². The van der Waals surface area contributed by atoms with Crippen LogP contribution in [0, 0.1) is 0 Å². The molecule has 1 unspecified atom stereocenters. The zero-order valence-corrected chi connectivity index (χ0v) is 13.8. The Morgan fingerprint density at radius 2 is 1.35 bits per heavy atom. The van der Waals surface area contributed by atoms with Crippen LogP contribution in [0.15, 0.2) is 0 Å². The van der Waals surface area contributed by atoms with E-state index < -0.39 is 8.32 Å². The highest BCUT2D eigenvalue weighted by Crippen LogP contribution is 2.24. The predicted molar refractivity (Wildman–Crippen MR) is 81.1 cm³/mol. The van der Waals surface area contributed by atoms with Crippen LogP contribution in [-0.4, -0.2) is 14.4 Å². The molecular weight excluding hydrogens is 224 g/mol. The first kappa shape index (κ1) is 17.2. The molecule has 0 radical (unpaired) electrons. The molecule has 0 aromatic carbocycles. The molecule has 0 saturated carbocycles. The topological polar surface area (TPSA) is 9.23 Å². The Morgan fingerprint density at radius 3 is 1.82 bits per heavy atom. The van der Waals surface area contributed by atoms with Crippen molar-refractivity contribution in [3.63, 3.8) is 0 Å². The molecule has 0 bridgehead atoms. The van der Waals surface area contributed by atoms with E-state index in [9.17, 15) is 0 Å². The number of unbranched alkanes of at least 4 members (excludes halogenated alkanes) is 4. The molecule has 0 heterocycles. The van der Waals surface area contributed by atoms with Crippen molar-refractivity contribution in [2.45, 2.75) is 97.4 Å². The molecule has 1 atom stereocenters. The van der Waals surface area contributed by atoms with E-state index in [1.807, 2.05) is 0 Å². The molecule has 0 N–H and O–H groups in total. The molecule has 0 saturated heterocycles. The summed E-state index contributed by atoms with van der Waals surface area (Å²) in [5, 5.41) is 0. The van der Waals surface area contributed by atoms with Gasteiger partial charge in [0, 0.05) is 6.10 Å². The van der Waals surface area contributed by atoms with Gasteiger partial charge in [-0.1, -0.05) is 59.8 Å². The van der Waals surface area contributed by atoms with Gasteiger partial charge in [-0.05, 0) is 31.5 Å². The molecule has 104 valence electrons. The Labute approximate surface area is 110 Å². The Bertz CT molecular complexity index is 158. The van der Waals surface area contributed by atoms with E-state index in [0.717, 1.165) is 0 Å². The van der Waals surface area contributed by atoms with Gasteiger partial charge in [0.1, 0.15) is 0 Å². The van der Waals surface area contributed by atoms with E-state index in [-0.39, 0.29) is 0 Å². The summed E-state index contributed by atoms with van der Waals surface area (Å²) in [7, 11) is -1.36. The smallest absolute Gasteiger partial charge is 0.192 e. The van der Waals surface area contributed by atoms with Crippen molar-refractivity contribution in [1.29, 1.82) is 0 Å². The van der Waals surface area contributed by atoms with Crippen LogP contribution in [0.25, 0.3) is 0 Å². The van der Waals surface area contributed by atoms with E-state index in [0.29, 0.717) is 6.10 Å². The summed E-state index contributed by atoms with van der Waals surface area (Å²) < 4.78 is 6.43. The number of rotatable bonds is 11. The van der Waals surface area contributed by atoms with Crippen LogP contribution >= 0.6 is 0 Å². The average Bonchev–Trinajstić information content (AvgIpc) is 2.36. The maximum atomic E-state index is 6.43. The van der Waals surface area contributed by atoms with Crippen molar-refractivity contribution < 1.29 is 4.43 Å². The molecule has 2 heteroatoms. The molecule has 0 aliphatic rings. The maximum Gasteiger partial charge on any atom is 0.192 e. The van der Waals surface area contributed by atoms with Crippen LogP contribution in [0.2, 0.25) is 18.1 Å². The van der Waals surface area contributed by atoms with Crippen LogP contribution in [0.3, 0.4) is 0 Å². The highest BCUT2D eigenvalue weighted by Gasteiger charge is 2.30. The second-order valence-corrected chi connectivity index (χ2v) is 10.1. The van der Waals surface area contributed by atoms with Gasteiger partial charge >= 0.3 is 0 Å². The normalized spacial score (nSPS) is 13.9. The molecule has 0 spiro atoms. The van der Waals surface area contributed by atoms with Crippen molar-refractivity contribution in [3.8, 4) is 0 Å². The fourth-order valence-corrected chi connectivity index (χ4v) is 5.49. The van der Waals surface area contributed by atoms with Gasteiger partial charge < -0.3 is 4.43 Å². The highest BCUT2D eigenvalue weighted by atomic mass is 28.4. The van der Waals surface area contributed by atoms with Gasteiger partial charge in [0.2, 0.25) is 0 Å². The van der Waals surface area contributed by atoms with Crippen LogP contribution in [0.4, 0.5) is 0 Å². The molecule has 0 aromatic heterocycles. The zero-order chi connectivity index (χ0) is 13.1. The summed E-state index contributed by atoms with van der Waals surface area (Å²) in [6, 6.07) is 3.83. The van der Waals surface area contributed by atoms with Crippen molar-refractivity contribution in [3.05, 3.63) is 0 Å². The molecule has 0 amide bonds. The predicted octanol–water partition coefficient (Wildman–Crippen LogP) is 5.76. The lowest BCUT2D eigenvalue weighted by Gasteiger charge is -2.31. The van der Waals surface area contributed by atoms with Gasteiger partial charge in [-0.25, -0.2) is 0 Å². The number of hydrogen-bond acceptors (Lipinski definition) is 1. The fourth-order valence-electron chi connectivity index (χ4n) is 2.52. The summed E-state index contributed by atoms with van der Waals surface area (Å²) in [6.07, 6.45) is 8.63. The van der Waals surface area contributed by atoms with E-state index in [2.05, 4.69) is 34.6 Å².